The maximum absolute atomic E-state index is 12.2. The smallest absolute Gasteiger partial charge is 0.221 e. The van der Waals surface area contributed by atoms with Crippen molar-refractivity contribution >= 4 is 29.3 Å². The molecule has 0 aromatic heterocycles. The number of methoxy groups -OCH3 is 2. The monoisotopic (exact) mass is 379 g/mol. The van der Waals surface area contributed by atoms with Gasteiger partial charge in [0.05, 0.1) is 20.3 Å². The van der Waals surface area contributed by atoms with Crippen molar-refractivity contribution in [3.63, 3.8) is 0 Å². The van der Waals surface area contributed by atoms with Gasteiger partial charge in [-0.3, -0.25) is 4.79 Å². The Morgan fingerprint density at radius 3 is 2.52 bits per heavy atom. The molecule has 0 spiro atoms. The molecule has 0 bridgehead atoms. The molecule has 0 unspecified atom stereocenters. The highest BCUT2D eigenvalue weighted by atomic mass is 35.5. The molecule has 0 aliphatic heterocycles. The lowest BCUT2D eigenvalue weighted by molar-refractivity contribution is -0.121. The third kappa shape index (κ3) is 5.87. The largest absolute Gasteiger partial charge is 0.497 e. The predicted molar refractivity (Wildman–Crippen MR) is 103 cm³/mol. The van der Waals surface area contributed by atoms with Crippen molar-refractivity contribution in [3.05, 3.63) is 53.1 Å². The van der Waals surface area contributed by atoms with Crippen LogP contribution in [0.4, 0.5) is 0 Å². The molecule has 0 fully saturated rings. The van der Waals surface area contributed by atoms with E-state index in [1.807, 2.05) is 49.4 Å². The molecule has 25 heavy (non-hydrogen) atoms. The molecular formula is C19H22ClNO3S. The summed E-state index contributed by atoms with van der Waals surface area (Å²) < 4.78 is 10.6. The Kier molecular flexibility index (Phi) is 7.47. The van der Waals surface area contributed by atoms with Crippen molar-refractivity contribution in [2.45, 2.75) is 24.3 Å². The Morgan fingerprint density at radius 1 is 1.16 bits per heavy atom. The summed E-state index contributed by atoms with van der Waals surface area (Å²) in [6, 6.07) is 13.0. The summed E-state index contributed by atoms with van der Waals surface area (Å²) in [5.41, 5.74) is 0.889. The van der Waals surface area contributed by atoms with E-state index in [0.717, 1.165) is 22.0 Å². The van der Waals surface area contributed by atoms with E-state index >= 15 is 0 Å². The Hall–Kier alpha value is -1.85. The van der Waals surface area contributed by atoms with Gasteiger partial charge in [-0.15, -0.1) is 11.8 Å². The molecule has 6 heteroatoms. The van der Waals surface area contributed by atoms with Gasteiger partial charge in [0.25, 0.3) is 0 Å². The highest BCUT2D eigenvalue weighted by Gasteiger charge is 2.15. The molecule has 0 saturated heterocycles. The average Bonchev–Trinajstić information content (AvgIpc) is 2.62. The van der Waals surface area contributed by atoms with Crippen molar-refractivity contribution in [2.75, 3.05) is 20.0 Å². The maximum atomic E-state index is 12.2. The predicted octanol–water partition coefficient (Wildman–Crippen LogP) is 4.72. The summed E-state index contributed by atoms with van der Waals surface area (Å²) in [7, 11) is 3.23. The maximum Gasteiger partial charge on any atom is 0.221 e. The van der Waals surface area contributed by atoms with Gasteiger partial charge in [0, 0.05) is 27.7 Å². The average molecular weight is 380 g/mol. The second-order valence-corrected chi connectivity index (χ2v) is 7.05. The van der Waals surface area contributed by atoms with E-state index in [1.54, 1.807) is 26.0 Å². The van der Waals surface area contributed by atoms with Crippen molar-refractivity contribution in [3.8, 4) is 11.5 Å². The number of rotatable bonds is 8. The number of carbonyl (C=O) groups excluding carboxylic acids is 1. The number of thioether (sulfide) groups is 1. The lowest BCUT2D eigenvalue weighted by Gasteiger charge is -2.18. The fourth-order valence-corrected chi connectivity index (χ4v) is 3.34. The van der Waals surface area contributed by atoms with Crippen LogP contribution in [0, 0.1) is 0 Å². The van der Waals surface area contributed by atoms with Gasteiger partial charge >= 0.3 is 0 Å². The van der Waals surface area contributed by atoms with Crippen molar-refractivity contribution < 1.29 is 14.3 Å². The molecule has 0 heterocycles. The van der Waals surface area contributed by atoms with E-state index < -0.39 is 0 Å². The van der Waals surface area contributed by atoms with Gasteiger partial charge in [0.2, 0.25) is 5.91 Å². The van der Waals surface area contributed by atoms with Crippen LogP contribution in [0.3, 0.4) is 0 Å². The summed E-state index contributed by atoms with van der Waals surface area (Å²) in [5, 5.41) is 3.72. The third-order valence-electron chi connectivity index (χ3n) is 3.69. The molecule has 0 radical (unpaired) electrons. The van der Waals surface area contributed by atoms with Crippen LogP contribution in [0.1, 0.15) is 24.9 Å². The van der Waals surface area contributed by atoms with Crippen molar-refractivity contribution in [1.82, 2.24) is 5.32 Å². The number of hydrogen-bond acceptors (Lipinski definition) is 4. The zero-order chi connectivity index (χ0) is 18.2. The normalized spacial score (nSPS) is 11.7. The van der Waals surface area contributed by atoms with E-state index in [-0.39, 0.29) is 11.9 Å². The van der Waals surface area contributed by atoms with E-state index in [1.165, 1.54) is 0 Å². The second-order valence-electron chi connectivity index (χ2n) is 5.45. The van der Waals surface area contributed by atoms with Gasteiger partial charge < -0.3 is 14.8 Å². The molecule has 4 nitrogen and oxygen atoms in total. The number of halogens is 1. The van der Waals surface area contributed by atoms with Gasteiger partial charge in [-0.05, 0) is 49.4 Å². The molecule has 2 aromatic carbocycles. The first kappa shape index (κ1) is 19.5. The minimum Gasteiger partial charge on any atom is -0.497 e. The van der Waals surface area contributed by atoms with Crippen LogP contribution >= 0.6 is 23.4 Å². The lowest BCUT2D eigenvalue weighted by Crippen LogP contribution is -2.27. The molecule has 0 saturated carbocycles. The summed E-state index contributed by atoms with van der Waals surface area (Å²) in [6.45, 7) is 1.93. The topological polar surface area (TPSA) is 47.6 Å². The molecule has 1 amide bonds. The number of carbonyl (C=O) groups is 1. The highest BCUT2D eigenvalue weighted by Crippen LogP contribution is 2.29. The number of benzene rings is 2. The molecule has 0 aliphatic rings. The van der Waals surface area contributed by atoms with E-state index in [9.17, 15) is 4.79 Å². The fourth-order valence-electron chi connectivity index (χ4n) is 2.36. The van der Waals surface area contributed by atoms with Gasteiger partial charge in [-0.1, -0.05) is 11.6 Å². The third-order valence-corrected chi connectivity index (χ3v) is 4.96. The molecule has 2 aromatic rings. The van der Waals surface area contributed by atoms with E-state index in [0.29, 0.717) is 17.2 Å². The van der Waals surface area contributed by atoms with Gasteiger partial charge in [0.15, 0.2) is 0 Å². The summed E-state index contributed by atoms with van der Waals surface area (Å²) >= 11 is 7.50. The first-order chi connectivity index (χ1) is 12.0. The van der Waals surface area contributed by atoms with Crippen LogP contribution in [0.25, 0.3) is 0 Å². The molecular weight excluding hydrogens is 358 g/mol. The van der Waals surface area contributed by atoms with Crippen LogP contribution in [0.5, 0.6) is 11.5 Å². The fraction of sp³-hybridized carbons (Fsp3) is 0.316. The van der Waals surface area contributed by atoms with Crippen LogP contribution in [0.15, 0.2) is 47.4 Å². The number of nitrogens with one attached hydrogen (secondary N) is 1. The molecule has 134 valence electrons. The number of amides is 1. The van der Waals surface area contributed by atoms with Gasteiger partial charge in [-0.25, -0.2) is 0 Å². The minimum absolute atomic E-state index is 0.00108. The zero-order valence-electron chi connectivity index (χ0n) is 14.5. The summed E-state index contributed by atoms with van der Waals surface area (Å²) in [6.07, 6.45) is 0.434. The Labute approximate surface area is 157 Å². The summed E-state index contributed by atoms with van der Waals surface area (Å²) in [5.74, 6) is 2.16. The summed E-state index contributed by atoms with van der Waals surface area (Å²) in [4.78, 5) is 13.3. The highest BCUT2D eigenvalue weighted by molar-refractivity contribution is 7.99. The number of hydrogen-bond donors (Lipinski definition) is 1. The number of ether oxygens (including phenoxy) is 2. The molecule has 0 aliphatic carbocycles. The minimum atomic E-state index is -0.168. The first-order valence-corrected chi connectivity index (χ1v) is 9.29. The van der Waals surface area contributed by atoms with Gasteiger partial charge in [0.1, 0.15) is 11.5 Å². The zero-order valence-corrected chi connectivity index (χ0v) is 16.1. The first-order valence-electron chi connectivity index (χ1n) is 7.93. The Bertz CT molecular complexity index is 706. The van der Waals surface area contributed by atoms with Crippen molar-refractivity contribution in [2.24, 2.45) is 0 Å². The van der Waals surface area contributed by atoms with Crippen LogP contribution in [-0.4, -0.2) is 25.9 Å². The second kappa shape index (κ2) is 9.59. The standard InChI is InChI=1S/C19H22ClNO3S/c1-13(17-12-15(23-2)6-9-18(17)24-3)21-19(22)10-11-25-16-7-4-14(20)5-8-16/h4-9,12-13H,10-11H2,1-3H3,(H,21,22)/t13-/m1/s1. The Morgan fingerprint density at radius 2 is 1.88 bits per heavy atom. The quantitative estimate of drug-likeness (QED) is 0.674. The van der Waals surface area contributed by atoms with Crippen molar-refractivity contribution in [1.29, 1.82) is 0 Å². The van der Waals surface area contributed by atoms with E-state index in [4.69, 9.17) is 21.1 Å². The van der Waals surface area contributed by atoms with Crippen LogP contribution in [-0.2, 0) is 4.79 Å². The Balaban J connectivity index is 1.88. The van der Waals surface area contributed by atoms with Gasteiger partial charge in [-0.2, -0.15) is 0 Å². The SMILES string of the molecule is COc1ccc(OC)c([C@@H](C)NC(=O)CCSc2ccc(Cl)cc2)c1. The van der Waals surface area contributed by atoms with Crippen LogP contribution in [0.2, 0.25) is 5.02 Å². The molecule has 1 N–H and O–H groups in total. The lowest BCUT2D eigenvalue weighted by atomic mass is 10.1. The van der Waals surface area contributed by atoms with E-state index in [2.05, 4.69) is 5.32 Å². The molecule has 1 atom stereocenters. The molecule has 2 rings (SSSR count). The van der Waals surface area contributed by atoms with Crippen LogP contribution < -0.4 is 14.8 Å².